The molecule has 0 aliphatic carbocycles. The van der Waals surface area contributed by atoms with Crippen LogP contribution < -0.4 is 9.14 Å². The third kappa shape index (κ3) is 5.69. The first-order chi connectivity index (χ1) is 17.5. The van der Waals surface area contributed by atoms with Gasteiger partial charge in [-0.05, 0) is 60.0 Å². The summed E-state index contributed by atoms with van der Waals surface area (Å²) in [6, 6.07) is 33.4. The van der Waals surface area contributed by atoms with Crippen LogP contribution in [-0.2, 0) is 10.1 Å². The Labute approximate surface area is 216 Å². The Hall–Kier alpha value is -3.66. The van der Waals surface area contributed by atoms with Crippen molar-refractivity contribution in [2.24, 2.45) is 0 Å². The number of rotatable bonds is 3. The van der Waals surface area contributed by atoms with Gasteiger partial charge in [0.2, 0.25) is 16.9 Å². The van der Waals surface area contributed by atoms with Gasteiger partial charge in [0, 0.05) is 34.3 Å². The van der Waals surface area contributed by atoms with Gasteiger partial charge < -0.3 is 9.29 Å². The van der Waals surface area contributed by atoms with E-state index in [-0.39, 0.29) is 0 Å². The Kier molecular flexibility index (Phi) is 7.40. The van der Waals surface area contributed by atoms with E-state index in [0.717, 1.165) is 38.6 Å². The van der Waals surface area contributed by atoms with Crippen molar-refractivity contribution < 1.29 is 35.3 Å². The maximum Gasteiger partial charge on any atom is 0.485 e. The van der Waals surface area contributed by atoms with Crippen LogP contribution in [0.25, 0.3) is 38.8 Å². The molecule has 37 heavy (non-hydrogen) atoms. The van der Waals surface area contributed by atoms with Crippen LogP contribution in [0.1, 0.15) is 0 Å². The zero-order chi connectivity index (χ0) is 26.8. The van der Waals surface area contributed by atoms with E-state index < -0.39 is 15.6 Å². The van der Waals surface area contributed by atoms with E-state index in [1.54, 1.807) is 7.11 Å². The van der Waals surface area contributed by atoms with Gasteiger partial charge in [0.25, 0.3) is 0 Å². The molecule has 0 radical (unpaired) electrons. The van der Waals surface area contributed by atoms with Crippen LogP contribution in [-0.4, -0.2) is 25.6 Å². The average molecular weight is 546 g/mol. The number of nitrogens with zero attached hydrogens (tertiary/aromatic N) is 1. The molecule has 0 fully saturated rings. The number of fused-ring (bicyclic) bond motifs is 3. The molecule has 0 aliphatic heterocycles. The van der Waals surface area contributed by atoms with Crippen LogP contribution in [0.4, 0.5) is 13.2 Å². The number of halogens is 4. The molecule has 2 aromatic heterocycles. The van der Waals surface area contributed by atoms with Crippen LogP contribution in [0.15, 0.2) is 97.1 Å². The maximum absolute atomic E-state index is 10.7. The van der Waals surface area contributed by atoms with Crippen molar-refractivity contribution in [3.63, 3.8) is 0 Å². The van der Waals surface area contributed by atoms with Gasteiger partial charge in [-0.2, -0.15) is 17.6 Å². The summed E-state index contributed by atoms with van der Waals surface area (Å²) in [7, 11) is -4.40. The summed E-state index contributed by atoms with van der Waals surface area (Å²) in [6.07, 6.45) is 0. The van der Waals surface area contributed by atoms with Crippen molar-refractivity contribution in [2.45, 2.75) is 5.51 Å². The molecule has 5 rings (SSSR count). The van der Waals surface area contributed by atoms with Crippen molar-refractivity contribution >= 4 is 38.0 Å². The summed E-state index contributed by atoms with van der Waals surface area (Å²) in [5.41, 5.74) is 0.0256. The van der Waals surface area contributed by atoms with Gasteiger partial charge in [-0.3, -0.25) is 0 Å². The zero-order valence-electron chi connectivity index (χ0n) is 19.2. The molecule has 2 heterocycles. The van der Waals surface area contributed by atoms with Gasteiger partial charge in [0.15, 0.2) is 10.1 Å². The average Bonchev–Trinajstić information content (AvgIpc) is 2.88. The Morgan fingerprint density at radius 2 is 1.43 bits per heavy atom. The molecular formula is C27H19ClF3NO4S. The molecule has 0 spiro atoms. The van der Waals surface area contributed by atoms with Gasteiger partial charge in [-0.15, -0.1) is 0 Å². The largest absolute Gasteiger partial charge is 0.741 e. The Morgan fingerprint density at radius 3 is 2.03 bits per heavy atom. The second-order valence-electron chi connectivity index (χ2n) is 7.89. The first-order valence-electron chi connectivity index (χ1n) is 10.8. The minimum Gasteiger partial charge on any atom is -0.741 e. The molecule has 5 nitrogen and oxygen atoms in total. The molecule has 0 unspecified atom stereocenters. The van der Waals surface area contributed by atoms with Crippen molar-refractivity contribution in [1.82, 2.24) is 0 Å². The SMILES string of the molecule is COc1ccc(-c2cccc3c4cc(Cl)ccc4cc(-c4ccccc4)[n+]23)cc1.O=S(=O)([O-])C(F)(F)F. The molecule has 10 heteroatoms. The second kappa shape index (κ2) is 10.4. The van der Waals surface area contributed by atoms with E-state index >= 15 is 0 Å². The quantitative estimate of drug-likeness (QED) is 0.110. The number of hydrogen-bond donors (Lipinski definition) is 0. The van der Waals surface area contributed by atoms with Crippen LogP contribution >= 0.6 is 11.6 Å². The zero-order valence-corrected chi connectivity index (χ0v) is 20.8. The predicted octanol–water partition coefficient (Wildman–Crippen LogP) is 6.63. The molecule has 0 atom stereocenters. The summed E-state index contributed by atoms with van der Waals surface area (Å²) < 4.78 is 66.6. The van der Waals surface area contributed by atoms with E-state index in [1.807, 2.05) is 30.3 Å². The van der Waals surface area contributed by atoms with E-state index in [9.17, 15) is 13.2 Å². The lowest BCUT2D eigenvalue weighted by atomic mass is 10.0. The smallest absolute Gasteiger partial charge is 0.485 e. The minimum atomic E-state index is -6.09. The van der Waals surface area contributed by atoms with Crippen LogP contribution in [0.3, 0.4) is 0 Å². The van der Waals surface area contributed by atoms with Crippen molar-refractivity contribution in [3.8, 4) is 28.3 Å². The number of hydrogen-bond acceptors (Lipinski definition) is 4. The fraction of sp³-hybridized carbons (Fsp3) is 0.0741. The van der Waals surface area contributed by atoms with Crippen LogP contribution in [0.5, 0.6) is 5.75 Å². The second-order valence-corrected chi connectivity index (χ2v) is 9.69. The van der Waals surface area contributed by atoms with Gasteiger partial charge in [0.05, 0.1) is 12.5 Å². The maximum atomic E-state index is 10.7. The van der Waals surface area contributed by atoms with E-state index in [1.165, 1.54) is 10.9 Å². The molecule has 5 aromatic rings. The van der Waals surface area contributed by atoms with Gasteiger partial charge in [0.1, 0.15) is 5.75 Å². The minimum absolute atomic E-state index is 0.738. The summed E-state index contributed by atoms with van der Waals surface area (Å²) in [5, 5.41) is 3.04. The highest BCUT2D eigenvalue weighted by Crippen LogP contribution is 2.29. The van der Waals surface area contributed by atoms with Crippen molar-refractivity contribution in [2.75, 3.05) is 7.11 Å². The first kappa shape index (κ1) is 26.4. The summed E-state index contributed by atoms with van der Waals surface area (Å²) in [6.45, 7) is 0. The number of pyridine rings is 2. The van der Waals surface area contributed by atoms with Gasteiger partial charge >= 0.3 is 5.51 Å². The van der Waals surface area contributed by atoms with E-state index in [0.29, 0.717) is 0 Å². The number of ether oxygens (including phenoxy) is 1. The monoisotopic (exact) mass is 545 g/mol. The molecule has 190 valence electrons. The van der Waals surface area contributed by atoms with Gasteiger partial charge in [-0.1, -0.05) is 35.9 Å². The highest BCUT2D eigenvalue weighted by atomic mass is 35.5. The van der Waals surface area contributed by atoms with E-state index in [2.05, 4.69) is 71.1 Å². The molecular weight excluding hydrogens is 527 g/mol. The number of aromatic nitrogens is 1. The summed E-state index contributed by atoms with van der Waals surface area (Å²) >= 11 is 6.34. The lowest BCUT2D eigenvalue weighted by Crippen LogP contribution is -2.28. The summed E-state index contributed by atoms with van der Waals surface area (Å²) in [5.74, 6) is 0.847. The lowest BCUT2D eigenvalue weighted by molar-refractivity contribution is -0.485. The normalized spacial score (nSPS) is 11.7. The fourth-order valence-electron chi connectivity index (χ4n) is 3.88. The van der Waals surface area contributed by atoms with Gasteiger partial charge in [-0.25, -0.2) is 8.42 Å². The number of methoxy groups -OCH3 is 1. The third-order valence-electron chi connectivity index (χ3n) is 5.55. The fourth-order valence-corrected chi connectivity index (χ4v) is 4.05. The molecule has 0 saturated heterocycles. The third-order valence-corrected chi connectivity index (χ3v) is 6.36. The Balaban J connectivity index is 0.000000349. The lowest BCUT2D eigenvalue weighted by Gasteiger charge is -2.09. The Bertz CT molecular complexity index is 1670. The molecule has 0 aliphatic rings. The number of benzene rings is 3. The van der Waals surface area contributed by atoms with E-state index in [4.69, 9.17) is 29.3 Å². The van der Waals surface area contributed by atoms with Crippen LogP contribution in [0, 0.1) is 0 Å². The highest BCUT2D eigenvalue weighted by molar-refractivity contribution is 7.86. The van der Waals surface area contributed by atoms with Crippen molar-refractivity contribution in [1.29, 1.82) is 0 Å². The van der Waals surface area contributed by atoms with Crippen LogP contribution in [0.2, 0.25) is 5.02 Å². The summed E-state index contributed by atoms with van der Waals surface area (Å²) in [4.78, 5) is 0. The number of alkyl halides is 3. The first-order valence-corrected chi connectivity index (χ1v) is 12.6. The highest BCUT2D eigenvalue weighted by Gasteiger charge is 2.36. The van der Waals surface area contributed by atoms with Crippen molar-refractivity contribution in [3.05, 3.63) is 102 Å². The molecule has 0 saturated carbocycles. The topological polar surface area (TPSA) is 70.5 Å². The molecule has 0 N–H and O–H groups in total. The molecule has 3 aromatic carbocycles. The molecule has 0 amide bonds. The predicted molar refractivity (Wildman–Crippen MR) is 135 cm³/mol. The Morgan fingerprint density at radius 1 is 0.811 bits per heavy atom. The molecule has 0 bridgehead atoms. The standard InChI is InChI=1S/C26H19ClNO.CHF3O3S/c1-29-22-14-11-19(12-15-22)24-8-5-9-25-23-17-21(27)13-10-20(23)16-26(28(24)25)18-6-3-2-4-7-18;2-1(3,4)8(5,6)7/h2-17H,1H3;(H,5,6,7)/q+1;/p-1.